The zero-order valence-corrected chi connectivity index (χ0v) is 22.6. The molecule has 2 aromatic rings. The van der Waals surface area contributed by atoms with Gasteiger partial charge >= 0.3 is 0 Å². The van der Waals surface area contributed by atoms with Gasteiger partial charge in [0.25, 0.3) is 0 Å². The molecule has 0 saturated carbocycles. The van der Waals surface area contributed by atoms with E-state index in [0.29, 0.717) is 34.7 Å². The molecular formula is C19H24FN7O2S2Y-2. The quantitative estimate of drug-likeness (QED) is 0.480. The monoisotopic (exact) mass is 554 g/mol. The third-order valence-electron chi connectivity index (χ3n) is 4.07. The van der Waals surface area contributed by atoms with E-state index in [4.69, 9.17) is 26.4 Å². The molecule has 3 heterocycles. The number of nitrogens with one attached hydrogen (secondary N) is 3. The number of thiazole rings is 1. The molecule has 13 heteroatoms. The molecule has 0 unspecified atom stereocenters. The summed E-state index contributed by atoms with van der Waals surface area (Å²) >= 11 is 1.28. The molecule has 0 spiro atoms. The van der Waals surface area contributed by atoms with Crippen molar-refractivity contribution in [3.63, 3.8) is 0 Å². The summed E-state index contributed by atoms with van der Waals surface area (Å²) in [4.78, 5) is 10.6. The molecule has 3 rings (SSSR count). The van der Waals surface area contributed by atoms with Crippen molar-refractivity contribution in [2.45, 2.75) is 0 Å². The summed E-state index contributed by atoms with van der Waals surface area (Å²) < 4.78 is 26.0. The molecule has 2 aromatic heterocycles. The molecular weight excluding hydrogens is 530 g/mol. The number of methoxy groups -OCH3 is 2. The van der Waals surface area contributed by atoms with E-state index in [0.717, 1.165) is 21.7 Å². The van der Waals surface area contributed by atoms with E-state index in [-0.39, 0.29) is 56.8 Å². The summed E-state index contributed by atoms with van der Waals surface area (Å²) in [5, 5.41) is 8.15. The number of ether oxygens (including phenoxy) is 2. The smallest absolute Gasteiger partial charge is 0.227 e. The number of fused-ring (bicyclic) bond motifs is 1. The molecule has 1 aliphatic heterocycles. The van der Waals surface area contributed by atoms with Crippen molar-refractivity contribution in [2.24, 2.45) is 0 Å². The molecule has 0 bridgehead atoms. The van der Waals surface area contributed by atoms with Gasteiger partial charge < -0.3 is 25.8 Å². The molecule has 9 nitrogen and oxygen atoms in total. The van der Waals surface area contributed by atoms with Crippen molar-refractivity contribution in [3.05, 3.63) is 52.7 Å². The second-order valence-corrected chi connectivity index (χ2v) is 7.70. The molecule has 171 valence electrons. The minimum atomic E-state index is -0.0828. The van der Waals surface area contributed by atoms with Crippen LogP contribution in [0.15, 0.2) is 35.6 Å². The molecule has 32 heavy (non-hydrogen) atoms. The van der Waals surface area contributed by atoms with Crippen LogP contribution in [-0.4, -0.2) is 66.4 Å². The zero-order valence-electron chi connectivity index (χ0n) is 18.2. The number of rotatable bonds is 7. The Morgan fingerprint density at radius 1 is 1.34 bits per heavy atom. The third kappa shape index (κ3) is 6.49. The van der Waals surface area contributed by atoms with Gasteiger partial charge in [-0.1, -0.05) is 12.2 Å². The number of nitrogens with zero attached hydrogens (tertiary/aromatic N) is 4. The molecule has 0 atom stereocenters. The van der Waals surface area contributed by atoms with Crippen LogP contribution in [0, 0.1) is 5.41 Å². The first-order chi connectivity index (χ1) is 14.9. The van der Waals surface area contributed by atoms with Crippen LogP contribution in [0.3, 0.4) is 0 Å². The minimum Gasteiger partial charge on any atom is -0.705 e. The predicted octanol–water partition coefficient (Wildman–Crippen LogP) is 4.96. The summed E-state index contributed by atoms with van der Waals surface area (Å²) in [6.07, 6.45) is 5.59. The minimum absolute atomic E-state index is 0. The van der Waals surface area contributed by atoms with Crippen molar-refractivity contribution in [1.29, 1.82) is 5.41 Å². The van der Waals surface area contributed by atoms with E-state index < -0.39 is 0 Å². The number of hydrogen-bond acceptors (Lipinski definition) is 8. The van der Waals surface area contributed by atoms with Gasteiger partial charge in [0.1, 0.15) is 10.5 Å². The van der Waals surface area contributed by atoms with Gasteiger partial charge in [0.05, 0.1) is 25.3 Å². The van der Waals surface area contributed by atoms with Gasteiger partial charge in [0.15, 0.2) is 23.7 Å². The number of amidine groups is 1. The van der Waals surface area contributed by atoms with Crippen LogP contribution < -0.4 is 9.47 Å². The molecule has 0 aliphatic carbocycles. The SMILES string of the molecule is CN(C)CC[NH-].COc1nc2ncsc2c(OC)c1C1=CN(SF)C(=N)/C1=C\C=C\[NH-].[Y]. The van der Waals surface area contributed by atoms with Crippen LogP contribution >= 0.6 is 23.7 Å². The first-order valence-corrected chi connectivity index (χ1v) is 10.6. The standard InChI is InChI=1S/C15H13FN5O2S2.C4H11N2.Y/c1-22-11-10(15(23-2)20-14-12(11)24-7-19-14)9-6-21(25-16)13(18)8(9)4-3-5-17;1-6(2)4-3-5;/h3-7,17-18H,1-2H3;5H,3-4H2,1-2H3;/q2*-1;/b5-3+,8-4-,18-13?;;. The van der Waals surface area contributed by atoms with E-state index in [1.54, 1.807) is 11.6 Å². The Morgan fingerprint density at radius 3 is 2.56 bits per heavy atom. The molecule has 0 fully saturated rings. The number of pyridine rings is 1. The summed E-state index contributed by atoms with van der Waals surface area (Å²) in [5.74, 6) is 0.713. The Morgan fingerprint density at radius 2 is 2.06 bits per heavy atom. The number of likely N-dealkylation sites (N-methyl/N-ethyl adjacent to an activating group) is 1. The second-order valence-electron chi connectivity index (χ2n) is 6.31. The van der Waals surface area contributed by atoms with Crippen LogP contribution in [0.4, 0.5) is 3.89 Å². The normalized spacial score (nSPS) is 14.6. The number of allylic oxidation sites excluding steroid dienone is 2. The van der Waals surface area contributed by atoms with Crippen LogP contribution in [0.25, 0.3) is 27.4 Å². The Hall–Kier alpha value is -1.57. The largest absolute Gasteiger partial charge is 0.705 e. The Labute approximate surface area is 220 Å². The molecule has 1 radical (unpaired) electrons. The van der Waals surface area contributed by atoms with Crippen LogP contribution in [0.5, 0.6) is 11.6 Å². The van der Waals surface area contributed by atoms with Gasteiger partial charge in [-0.15, -0.1) is 21.8 Å². The summed E-state index contributed by atoms with van der Waals surface area (Å²) in [6.45, 7) is 1.38. The molecule has 1 aliphatic rings. The molecule has 0 aromatic carbocycles. The van der Waals surface area contributed by atoms with Crippen molar-refractivity contribution < 1.29 is 46.1 Å². The maximum absolute atomic E-state index is 13.2. The van der Waals surface area contributed by atoms with Crippen LogP contribution in [0.1, 0.15) is 5.56 Å². The molecule has 3 N–H and O–H groups in total. The first kappa shape index (κ1) is 28.5. The van der Waals surface area contributed by atoms with E-state index in [1.165, 1.54) is 37.8 Å². The van der Waals surface area contributed by atoms with E-state index >= 15 is 0 Å². The Balaban J connectivity index is 0.000000648. The second kappa shape index (κ2) is 13.9. The van der Waals surface area contributed by atoms with Crippen molar-refractivity contribution in [3.8, 4) is 11.6 Å². The summed E-state index contributed by atoms with van der Waals surface area (Å²) in [5.41, 5.74) is 17.4. The topological polar surface area (TPSA) is 122 Å². The van der Waals surface area contributed by atoms with Gasteiger partial charge in [-0.05, 0) is 20.6 Å². The van der Waals surface area contributed by atoms with Crippen LogP contribution in [-0.2, 0) is 32.7 Å². The maximum Gasteiger partial charge on any atom is 0.227 e. The molecule has 0 saturated heterocycles. The number of halogens is 1. The van der Waals surface area contributed by atoms with Gasteiger partial charge in [-0.25, -0.2) is 9.29 Å². The fraction of sp³-hybridized carbons (Fsp3) is 0.316. The fourth-order valence-electron chi connectivity index (χ4n) is 2.71. The number of hydrogen-bond donors (Lipinski definition) is 1. The maximum atomic E-state index is 13.2. The van der Waals surface area contributed by atoms with E-state index in [2.05, 4.69) is 9.97 Å². The molecule has 0 amide bonds. The van der Waals surface area contributed by atoms with Crippen molar-refractivity contribution in [2.75, 3.05) is 41.4 Å². The van der Waals surface area contributed by atoms with Crippen molar-refractivity contribution >= 4 is 45.4 Å². The predicted molar refractivity (Wildman–Crippen MR) is 126 cm³/mol. The average molecular weight is 554 g/mol. The van der Waals surface area contributed by atoms with Crippen LogP contribution in [0.2, 0.25) is 0 Å². The number of aromatic nitrogens is 2. The first-order valence-electron chi connectivity index (χ1n) is 9.01. The zero-order chi connectivity index (χ0) is 23.0. The Bertz CT molecular complexity index is 1010. The fourth-order valence-corrected chi connectivity index (χ4v) is 3.77. The van der Waals surface area contributed by atoms with Gasteiger partial charge in [0, 0.05) is 50.1 Å². The van der Waals surface area contributed by atoms with Gasteiger partial charge in [-0.2, -0.15) is 11.2 Å². The van der Waals surface area contributed by atoms with E-state index in [1.807, 2.05) is 19.0 Å². The van der Waals surface area contributed by atoms with Gasteiger partial charge in [0.2, 0.25) is 5.88 Å². The summed E-state index contributed by atoms with van der Waals surface area (Å²) in [7, 11) is 6.93. The van der Waals surface area contributed by atoms with E-state index in [9.17, 15) is 3.89 Å². The Kier molecular flexibility index (Phi) is 12.3. The summed E-state index contributed by atoms with van der Waals surface area (Å²) in [6, 6.07) is 0. The third-order valence-corrected chi connectivity index (χ3v) is 5.33. The van der Waals surface area contributed by atoms with Crippen molar-refractivity contribution in [1.82, 2.24) is 19.2 Å². The van der Waals surface area contributed by atoms with Gasteiger partial charge in [-0.3, -0.25) is 5.41 Å². The average Bonchev–Trinajstić information content (AvgIpc) is 3.34.